The molecule has 26 heavy (non-hydrogen) atoms. The second kappa shape index (κ2) is 6.70. The molecule has 2 aromatic carbocycles. The molecule has 0 saturated carbocycles. The fraction of sp³-hybridized carbons (Fsp3) is 0.118. The minimum Gasteiger partial charge on any atom is -0.322 e. The highest BCUT2D eigenvalue weighted by Crippen LogP contribution is 2.24. The first-order valence-electron chi connectivity index (χ1n) is 7.68. The van der Waals surface area contributed by atoms with Crippen LogP contribution >= 0.6 is 0 Å². The Morgan fingerprint density at radius 2 is 1.85 bits per heavy atom. The van der Waals surface area contributed by atoms with Gasteiger partial charge in [-0.2, -0.15) is 0 Å². The number of aryl methyl sites for hydroxylation is 1. The lowest BCUT2D eigenvalue weighted by atomic mass is 10.1. The number of carbonyl (C=O) groups excluding carboxylic acids is 1. The number of primary sulfonamides is 1. The van der Waals surface area contributed by atoms with E-state index in [1.165, 1.54) is 12.1 Å². The fourth-order valence-electron chi connectivity index (χ4n) is 2.43. The fourth-order valence-corrected chi connectivity index (χ4v) is 3.05. The van der Waals surface area contributed by atoms with Gasteiger partial charge in [0.2, 0.25) is 10.0 Å². The Labute approximate surface area is 150 Å². The third-order valence-corrected chi connectivity index (χ3v) is 4.93. The largest absolute Gasteiger partial charge is 0.322 e. The van der Waals surface area contributed by atoms with Gasteiger partial charge in [-0.25, -0.2) is 18.2 Å². The van der Waals surface area contributed by atoms with Crippen molar-refractivity contribution in [3.05, 3.63) is 65.5 Å². The van der Waals surface area contributed by atoms with E-state index < -0.39 is 10.0 Å². The zero-order chi connectivity index (χ0) is 18.9. The average molecular weight is 371 g/mol. The van der Waals surface area contributed by atoms with Gasteiger partial charge in [-0.3, -0.25) is 4.79 Å². The molecule has 0 aliphatic rings. The quantitative estimate of drug-likeness (QED) is 0.724. The third kappa shape index (κ3) is 3.63. The molecule has 0 radical (unpaired) electrons. The van der Waals surface area contributed by atoms with Gasteiger partial charge in [0.15, 0.2) is 0 Å². The average Bonchev–Trinajstić information content (AvgIpc) is 3.12. The normalized spacial score (nSPS) is 11.3. The van der Waals surface area contributed by atoms with Gasteiger partial charge in [0.1, 0.15) is 0 Å². The summed E-state index contributed by atoms with van der Waals surface area (Å²) >= 11 is 0. The van der Waals surface area contributed by atoms with Gasteiger partial charge < -0.3 is 5.32 Å². The van der Waals surface area contributed by atoms with E-state index in [0.717, 1.165) is 11.3 Å². The van der Waals surface area contributed by atoms with Crippen molar-refractivity contribution in [3.8, 4) is 5.69 Å². The van der Waals surface area contributed by atoms with Crippen molar-refractivity contribution < 1.29 is 13.2 Å². The molecule has 0 bridgehead atoms. The molecule has 0 unspecified atom stereocenters. The Kier molecular flexibility index (Phi) is 4.58. The summed E-state index contributed by atoms with van der Waals surface area (Å²) in [6.07, 6.45) is 3.25. The highest BCUT2D eigenvalue weighted by atomic mass is 32.2. The Balaban J connectivity index is 1.87. The first kappa shape index (κ1) is 17.8. The lowest BCUT2D eigenvalue weighted by molar-refractivity contribution is 0.102. The number of aromatic nitrogens is 3. The maximum absolute atomic E-state index is 12.5. The van der Waals surface area contributed by atoms with E-state index in [1.54, 1.807) is 55.2 Å². The van der Waals surface area contributed by atoms with Crippen LogP contribution in [0.4, 0.5) is 5.69 Å². The maximum atomic E-state index is 12.5. The molecule has 9 heteroatoms. The Bertz CT molecular complexity index is 1060. The summed E-state index contributed by atoms with van der Waals surface area (Å²) in [6, 6.07) is 9.62. The molecular formula is C17H17N5O3S. The van der Waals surface area contributed by atoms with Crippen LogP contribution in [0, 0.1) is 13.8 Å². The van der Waals surface area contributed by atoms with Crippen LogP contribution in [0.15, 0.2) is 53.7 Å². The summed E-state index contributed by atoms with van der Waals surface area (Å²) in [5.74, 6) is -0.357. The highest BCUT2D eigenvalue weighted by Gasteiger charge is 2.15. The molecule has 3 rings (SSSR count). The number of carbonyl (C=O) groups is 1. The number of amides is 1. The molecule has 0 aliphatic heterocycles. The lowest BCUT2D eigenvalue weighted by Gasteiger charge is -2.13. The minimum absolute atomic E-state index is 0.0440. The van der Waals surface area contributed by atoms with Crippen LogP contribution in [0.5, 0.6) is 0 Å². The van der Waals surface area contributed by atoms with Crippen LogP contribution in [0.1, 0.15) is 21.5 Å². The van der Waals surface area contributed by atoms with Crippen LogP contribution in [0.3, 0.4) is 0 Å². The highest BCUT2D eigenvalue weighted by molar-refractivity contribution is 7.89. The molecule has 1 amide bonds. The van der Waals surface area contributed by atoms with E-state index in [9.17, 15) is 13.2 Å². The van der Waals surface area contributed by atoms with E-state index in [0.29, 0.717) is 16.8 Å². The van der Waals surface area contributed by atoms with Crippen molar-refractivity contribution in [2.24, 2.45) is 5.14 Å². The minimum atomic E-state index is -3.86. The number of sulfonamides is 1. The molecule has 1 aromatic heterocycles. The van der Waals surface area contributed by atoms with Crippen LogP contribution in [0.25, 0.3) is 5.69 Å². The van der Waals surface area contributed by atoms with E-state index in [1.807, 2.05) is 0 Å². The predicted molar refractivity (Wildman–Crippen MR) is 96.6 cm³/mol. The van der Waals surface area contributed by atoms with Gasteiger partial charge in [-0.1, -0.05) is 5.21 Å². The molecule has 0 saturated heterocycles. The van der Waals surface area contributed by atoms with Crippen molar-refractivity contribution in [1.82, 2.24) is 15.0 Å². The molecule has 0 atom stereocenters. The van der Waals surface area contributed by atoms with Gasteiger partial charge in [0.25, 0.3) is 5.91 Å². The maximum Gasteiger partial charge on any atom is 0.255 e. The Morgan fingerprint density at radius 3 is 2.42 bits per heavy atom. The van der Waals surface area contributed by atoms with Crippen LogP contribution in [0.2, 0.25) is 0 Å². The van der Waals surface area contributed by atoms with Gasteiger partial charge >= 0.3 is 0 Å². The first-order valence-corrected chi connectivity index (χ1v) is 9.22. The van der Waals surface area contributed by atoms with Gasteiger partial charge in [-0.05, 0) is 61.4 Å². The zero-order valence-electron chi connectivity index (χ0n) is 14.2. The number of anilines is 1. The summed E-state index contributed by atoms with van der Waals surface area (Å²) in [4.78, 5) is 12.5. The molecule has 8 nitrogen and oxygen atoms in total. The predicted octanol–water partition coefficient (Wildman–Crippen LogP) is 1.78. The Hall–Kier alpha value is -3.04. The van der Waals surface area contributed by atoms with Crippen molar-refractivity contribution in [2.45, 2.75) is 18.7 Å². The van der Waals surface area contributed by atoms with Crippen LogP contribution < -0.4 is 10.5 Å². The van der Waals surface area contributed by atoms with Crippen molar-refractivity contribution in [1.29, 1.82) is 0 Å². The number of hydrogen-bond acceptors (Lipinski definition) is 5. The molecule has 0 fully saturated rings. The summed E-state index contributed by atoms with van der Waals surface area (Å²) < 4.78 is 24.8. The number of benzene rings is 2. The molecule has 0 aliphatic carbocycles. The number of nitrogens with one attached hydrogen (secondary N) is 1. The van der Waals surface area contributed by atoms with Gasteiger partial charge in [-0.15, -0.1) is 5.10 Å². The smallest absolute Gasteiger partial charge is 0.255 e. The molecule has 3 N–H and O–H groups in total. The summed E-state index contributed by atoms with van der Waals surface area (Å²) in [5.41, 5.74) is 3.08. The SMILES string of the molecule is Cc1cc(S(N)(=O)=O)cc(NC(=O)c2ccc(-n3ccnn3)cc2)c1C. The standard InChI is InChI=1S/C17H17N5O3S/c1-11-9-15(26(18,24)25)10-16(12(11)2)20-17(23)13-3-5-14(6-4-13)22-8-7-19-21-22/h3-10H,1-2H3,(H,20,23)(H2,18,24,25). The summed E-state index contributed by atoms with van der Waals surface area (Å²) in [5, 5.41) is 15.5. The topological polar surface area (TPSA) is 120 Å². The molecule has 1 heterocycles. The Morgan fingerprint density at radius 1 is 1.15 bits per heavy atom. The number of hydrogen-bond donors (Lipinski definition) is 2. The number of nitrogens with two attached hydrogens (primary N) is 1. The van der Waals surface area contributed by atoms with Crippen molar-refractivity contribution >= 4 is 21.6 Å². The first-order chi connectivity index (χ1) is 12.3. The zero-order valence-corrected chi connectivity index (χ0v) is 15.0. The summed E-state index contributed by atoms with van der Waals surface area (Å²) in [7, 11) is -3.86. The van der Waals surface area contributed by atoms with Crippen molar-refractivity contribution in [3.63, 3.8) is 0 Å². The van der Waals surface area contributed by atoms with Crippen LogP contribution in [-0.4, -0.2) is 29.3 Å². The second-order valence-electron chi connectivity index (χ2n) is 5.81. The molecule has 3 aromatic rings. The van der Waals surface area contributed by atoms with E-state index in [-0.39, 0.29) is 10.8 Å². The van der Waals surface area contributed by atoms with E-state index in [2.05, 4.69) is 15.6 Å². The van der Waals surface area contributed by atoms with Gasteiger partial charge in [0.05, 0.1) is 23.0 Å². The molecular weight excluding hydrogens is 354 g/mol. The van der Waals surface area contributed by atoms with Gasteiger partial charge in [0, 0.05) is 11.3 Å². The van der Waals surface area contributed by atoms with E-state index >= 15 is 0 Å². The summed E-state index contributed by atoms with van der Waals surface area (Å²) in [6.45, 7) is 3.55. The number of nitrogens with zero attached hydrogens (tertiary/aromatic N) is 3. The third-order valence-electron chi connectivity index (χ3n) is 4.03. The lowest BCUT2D eigenvalue weighted by Crippen LogP contribution is -2.16. The molecule has 134 valence electrons. The number of rotatable bonds is 4. The van der Waals surface area contributed by atoms with Crippen molar-refractivity contribution in [2.75, 3.05) is 5.32 Å². The molecule has 0 spiro atoms. The second-order valence-corrected chi connectivity index (χ2v) is 7.37. The van der Waals surface area contributed by atoms with Crippen LogP contribution in [-0.2, 0) is 10.0 Å². The monoisotopic (exact) mass is 371 g/mol. The van der Waals surface area contributed by atoms with E-state index in [4.69, 9.17) is 5.14 Å².